The van der Waals surface area contributed by atoms with Crippen molar-refractivity contribution in [1.29, 1.82) is 0 Å². The maximum absolute atomic E-state index is 11.5. The highest BCUT2D eigenvalue weighted by atomic mass is 127. The highest BCUT2D eigenvalue weighted by Gasteiger charge is 2.32. The summed E-state index contributed by atoms with van der Waals surface area (Å²) in [6.07, 6.45) is 0. The lowest BCUT2D eigenvalue weighted by Crippen LogP contribution is -2.39. The van der Waals surface area contributed by atoms with Gasteiger partial charge in [0.15, 0.2) is 5.71 Å². The smallest absolute Gasteiger partial charge is 0.353 e. The fraction of sp³-hybridized carbons (Fsp3) is 0.222. The van der Waals surface area contributed by atoms with Gasteiger partial charge in [-0.1, -0.05) is 60.7 Å². The lowest BCUT2D eigenvalue weighted by Gasteiger charge is -2.34. The number of carboxylic acid groups (broad SMARTS) is 1. The van der Waals surface area contributed by atoms with Gasteiger partial charge >= 0.3 is 5.97 Å². The molecule has 2 aromatic carbocycles. The van der Waals surface area contributed by atoms with Crippen LogP contribution in [0.1, 0.15) is 25.3 Å². The number of nitrogens with zero attached hydrogens (tertiary/aromatic N) is 2. The van der Waals surface area contributed by atoms with E-state index in [1.807, 2.05) is 41.3 Å². The third-order valence-corrected chi connectivity index (χ3v) is 5.04. The number of aliphatic carboxylic acids is 1. The summed E-state index contributed by atoms with van der Waals surface area (Å²) in [6, 6.07) is 15.9. The fourth-order valence-electron chi connectivity index (χ4n) is 2.63. The Hall–Kier alpha value is -1.89. The van der Waals surface area contributed by atoms with E-state index in [1.54, 1.807) is 0 Å². The molecule has 0 spiro atoms. The number of rotatable bonds is 3. The Kier molecular flexibility index (Phi) is 4.39. The van der Waals surface area contributed by atoms with Gasteiger partial charge in [-0.2, -0.15) is 0 Å². The molecule has 3 rings (SSSR count). The van der Waals surface area contributed by atoms with Gasteiger partial charge < -0.3 is 10.0 Å². The first kappa shape index (κ1) is 16.0. The number of para-hydroxylation sites is 2. The topological polar surface area (TPSA) is 52.9 Å². The van der Waals surface area contributed by atoms with Crippen molar-refractivity contribution in [3.8, 4) is 0 Å². The SMILES string of the molecule is CC(C)c1ccc(N2c3ccccc3N=C(C(=O)O)C2I)cc1. The molecule has 2 aromatic rings. The van der Waals surface area contributed by atoms with Crippen molar-refractivity contribution in [2.75, 3.05) is 4.90 Å². The van der Waals surface area contributed by atoms with Crippen molar-refractivity contribution in [3.05, 3.63) is 54.1 Å². The molecule has 4 nitrogen and oxygen atoms in total. The minimum Gasteiger partial charge on any atom is -0.477 e. The fourth-order valence-corrected chi connectivity index (χ4v) is 3.66. The van der Waals surface area contributed by atoms with Crippen LogP contribution in [0.4, 0.5) is 17.1 Å². The zero-order valence-electron chi connectivity index (χ0n) is 12.9. The van der Waals surface area contributed by atoms with E-state index in [9.17, 15) is 9.90 Å². The lowest BCUT2D eigenvalue weighted by molar-refractivity contribution is -0.129. The van der Waals surface area contributed by atoms with E-state index in [1.165, 1.54) is 5.56 Å². The Morgan fingerprint density at radius 2 is 1.83 bits per heavy atom. The van der Waals surface area contributed by atoms with Crippen LogP contribution in [0.2, 0.25) is 0 Å². The van der Waals surface area contributed by atoms with Crippen LogP contribution in [0.15, 0.2) is 53.5 Å². The summed E-state index contributed by atoms with van der Waals surface area (Å²) < 4.78 is -0.357. The van der Waals surface area contributed by atoms with E-state index in [2.05, 4.69) is 53.6 Å². The summed E-state index contributed by atoms with van der Waals surface area (Å²) in [5.74, 6) is -0.521. The summed E-state index contributed by atoms with van der Waals surface area (Å²) in [4.78, 5) is 17.9. The van der Waals surface area contributed by atoms with Crippen molar-refractivity contribution in [1.82, 2.24) is 0 Å². The van der Waals surface area contributed by atoms with E-state index < -0.39 is 5.97 Å². The first-order valence-electron chi connectivity index (χ1n) is 7.43. The van der Waals surface area contributed by atoms with Crippen LogP contribution in [-0.4, -0.2) is 20.8 Å². The molecule has 0 bridgehead atoms. The van der Waals surface area contributed by atoms with E-state index in [-0.39, 0.29) is 9.76 Å². The maximum atomic E-state index is 11.5. The van der Waals surface area contributed by atoms with E-state index in [0.717, 1.165) is 11.4 Å². The number of fused-ring (bicyclic) bond motifs is 1. The molecule has 1 aliphatic rings. The number of hydrogen-bond acceptors (Lipinski definition) is 3. The van der Waals surface area contributed by atoms with Gasteiger partial charge in [0.1, 0.15) is 4.05 Å². The monoisotopic (exact) mass is 420 g/mol. The van der Waals surface area contributed by atoms with Crippen molar-refractivity contribution in [3.63, 3.8) is 0 Å². The molecule has 0 saturated carbocycles. The number of benzene rings is 2. The third kappa shape index (κ3) is 2.97. The number of carboxylic acids is 1. The molecule has 5 heteroatoms. The van der Waals surface area contributed by atoms with Gasteiger partial charge in [0, 0.05) is 5.69 Å². The number of aliphatic imine (C=N–C) groups is 1. The van der Waals surface area contributed by atoms with Crippen LogP contribution < -0.4 is 4.90 Å². The summed E-state index contributed by atoms with van der Waals surface area (Å²) in [7, 11) is 0. The van der Waals surface area contributed by atoms with Gasteiger partial charge in [-0.15, -0.1) is 0 Å². The lowest BCUT2D eigenvalue weighted by atomic mass is 10.0. The molecular weight excluding hydrogens is 403 g/mol. The first-order valence-corrected chi connectivity index (χ1v) is 8.67. The molecule has 1 unspecified atom stereocenters. The Morgan fingerprint density at radius 3 is 2.43 bits per heavy atom. The number of hydrogen-bond donors (Lipinski definition) is 1. The molecule has 0 saturated heterocycles. The van der Waals surface area contributed by atoms with Crippen LogP contribution in [0.3, 0.4) is 0 Å². The predicted octanol–water partition coefficient (Wildman–Crippen LogP) is 4.88. The highest BCUT2D eigenvalue weighted by Crippen LogP contribution is 2.41. The second-order valence-corrected chi connectivity index (χ2v) is 6.92. The highest BCUT2D eigenvalue weighted by molar-refractivity contribution is 14.1. The van der Waals surface area contributed by atoms with E-state index >= 15 is 0 Å². The molecule has 1 N–H and O–H groups in total. The number of carbonyl (C=O) groups is 1. The van der Waals surface area contributed by atoms with E-state index in [4.69, 9.17) is 0 Å². The average molecular weight is 420 g/mol. The zero-order chi connectivity index (χ0) is 16.6. The van der Waals surface area contributed by atoms with Crippen molar-refractivity contribution in [2.24, 2.45) is 4.99 Å². The van der Waals surface area contributed by atoms with Crippen LogP contribution >= 0.6 is 22.6 Å². The molecular formula is C18H17IN2O2. The Bertz CT molecular complexity index is 769. The minimum atomic E-state index is -0.984. The summed E-state index contributed by atoms with van der Waals surface area (Å²) in [6.45, 7) is 4.31. The normalized spacial score (nSPS) is 17.0. The van der Waals surface area contributed by atoms with Crippen molar-refractivity contribution in [2.45, 2.75) is 23.8 Å². The number of anilines is 2. The van der Waals surface area contributed by atoms with Crippen LogP contribution in [0.25, 0.3) is 0 Å². The van der Waals surface area contributed by atoms with Crippen LogP contribution in [-0.2, 0) is 4.79 Å². The molecule has 1 aliphatic heterocycles. The zero-order valence-corrected chi connectivity index (χ0v) is 15.1. The number of halogens is 1. The van der Waals surface area contributed by atoms with Gasteiger partial charge in [0.05, 0.1) is 11.4 Å². The summed E-state index contributed by atoms with van der Waals surface area (Å²) >= 11 is 2.13. The van der Waals surface area contributed by atoms with Gasteiger partial charge in [0.2, 0.25) is 0 Å². The van der Waals surface area contributed by atoms with E-state index in [0.29, 0.717) is 11.6 Å². The molecule has 0 radical (unpaired) electrons. The quantitative estimate of drug-likeness (QED) is 0.438. The molecule has 0 aliphatic carbocycles. The second-order valence-electron chi connectivity index (χ2n) is 5.74. The van der Waals surface area contributed by atoms with Gasteiger partial charge in [-0.25, -0.2) is 9.79 Å². The van der Waals surface area contributed by atoms with Gasteiger partial charge in [-0.05, 0) is 35.7 Å². The summed E-state index contributed by atoms with van der Waals surface area (Å²) in [5, 5.41) is 9.45. The van der Waals surface area contributed by atoms with Crippen LogP contribution in [0, 0.1) is 0 Å². The van der Waals surface area contributed by atoms with Crippen LogP contribution in [0.5, 0.6) is 0 Å². The average Bonchev–Trinajstić information content (AvgIpc) is 2.54. The van der Waals surface area contributed by atoms with Crippen molar-refractivity contribution >= 4 is 51.3 Å². The number of alkyl halides is 1. The molecule has 0 fully saturated rings. The molecule has 0 aromatic heterocycles. The molecule has 1 atom stereocenters. The Balaban J connectivity index is 2.10. The summed E-state index contributed by atoms with van der Waals surface area (Å²) in [5.41, 5.74) is 3.99. The van der Waals surface area contributed by atoms with Gasteiger partial charge in [0.25, 0.3) is 0 Å². The first-order chi connectivity index (χ1) is 11.0. The van der Waals surface area contributed by atoms with Crippen molar-refractivity contribution < 1.29 is 9.90 Å². The Morgan fingerprint density at radius 1 is 1.17 bits per heavy atom. The van der Waals surface area contributed by atoms with Gasteiger partial charge in [-0.3, -0.25) is 0 Å². The second kappa shape index (κ2) is 6.31. The predicted molar refractivity (Wildman–Crippen MR) is 102 cm³/mol. The Labute approximate surface area is 149 Å². The molecule has 23 heavy (non-hydrogen) atoms. The third-order valence-electron chi connectivity index (χ3n) is 3.89. The minimum absolute atomic E-state index is 0.150. The largest absolute Gasteiger partial charge is 0.477 e. The molecule has 1 heterocycles. The molecule has 0 amide bonds. The maximum Gasteiger partial charge on any atom is 0.353 e. The molecule has 118 valence electrons. The standard InChI is InChI=1S/C18H17IN2O2/c1-11(2)12-7-9-13(10-8-12)21-15-6-4-3-5-14(15)20-16(17(21)19)18(22)23/h3-11,17H,1-2H3,(H,22,23).